The van der Waals surface area contributed by atoms with Gasteiger partial charge in [0, 0.05) is 33.9 Å². The van der Waals surface area contributed by atoms with E-state index in [1.807, 2.05) is 4.90 Å². The van der Waals surface area contributed by atoms with Gasteiger partial charge in [0.25, 0.3) is 0 Å². The summed E-state index contributed by atoms with van der Waals surface area (Å²) in [6, 6.07) is 0. The molecule has 0 aliphatic carbocycles. The van der Waals surface area contributed by atoms with Gasteiger partial charge in [-0.15, -0.1) is 0 Å². The van der Waals surface area contributed by atoms with Crippen molar-refractivity contribution in [2.24, 2.45) is 0 Å². The number of rotatable bonds is 7. The van der Waals surface area contributed by atoms with E-state index in [9.17, 15) is 4.79 Å². The van der Waals surface area contributed by atoms with Crippen LogP contribution in [0.25, 0.3) is 0 Å². The maximum atomic E-state index is 11.8. The molecule has 0 aromatic carbocycles. The van der Waals surface area contributed by atoms with Gasteiger partial charge in [-0.05, 0) is 12.0 Å². The number of nitrogens with one attached hydrogen (secondary N) is 1. The van der Waals surface area contributed by atoms with Gasteiger partial charge < -0.3 is 19.7 Å². The van der Waals surface area contributed by atoms with Crippen LogP contribution in [0.2, 0.25) is 0 Å². The van der Waals surface area contributed by atoms with Crippen molar-refractivity contribution in [1.29, 1.82) is 0 Å². The monoisotopic (exact) mass is 242 g/mol. The average molecular weight is 242 g/mol. The minimum atomic E-state index is 0.147. The van der Waals surface area contributed by atoms with Gasteiger partial charge >= 0.3 is 0 Å². The van der Waals surface area contributed by atoms with Crippen LogP contribution in [0.15, 0.2) is 11.6 Å². The van der Waals surface area contributed by atoms with Crippen LogP contribution in [0.5, 0.6) is 0 Å². The smallest absolute Gasteiger partial charge is 0.236 e. The zero-order chi connectivity index (χ0) is 12.5. The Kier molecular flexibility index (Phi) is 6.84. The van der Waals surface area contributed by atoms with Gasteiger partial charge in [0.2, 0.25) is 5.91 Å². The zero-order valence-electron chi connectivity index (χ0n) is 10.7. The highest BCUT2D eigenvalue weighted by atomic mass is 16.5. The van der Waals surface area contributed by atoms with Gasteiger partial charge in [0.05, 0.1) is 19.8 Å². The summed E-state index contributed by atoms with van der Waals surface area (Å²) in [6.07, 6.45) is 3.00. The maximum Gasteiger partial charge on any atom is 0.236 e. The third-order valence-corrected chi connectivity index (χ3v) is 2.74. The van der Waals surface area contributed by atoms with Crippen LogP contribution in [0.3, 0.4) is 0 Å². The minimum Gasteiger partial charge on any atom is -0.383 e. The number of hydrogen-bond acceptors (Lipinski definition) is 4. The second-order valence-electron chi connectivity index (χ2n) is 4.05. The molecule has 0 aromatic rings. The molecule has 0 aromatic heterocycles. The largest absolute Gasteiger partial charge is 0.383 e. The molecule has 0 saturated carbocycles. The van der Waals surface area contributed by atoms with Gasteiger partial charge in [0.1, 0.15) is 0 Å². The topological polar surface area (TPSA) is 50.8 Å². The first-order chi connectivity index (χ1) is 8.27. The van der Waals surface area contributed by atoms with E-state index in [0.717, 1.165) is 13.0 Å². The van der Waals surface area contributed by atoms with Crippen molar-refractivity contribution in [3.63, 3.8) is 0 Å². The van der Waals surface area contributed by atoms with Gasteiger partial charge in [0.15, 0.2) is 0 Å². The highest BCUT2D eigenvalue weighted by Crippen LogP contribution is 2.10. The molecule has 1 amide bonds. The lowest BCUT2D eigenvalue weighted by atomic mass is 10.1. The van der Waals surface area contributed by atoms with Crippen LogP contribution in [-0.2, 0) is 14.3 Å². The Balaban J connectivity index is 2.21. The molecule has 0 saturated heterocycles. The molecule has 0 fully saturated rings. The fraction of sp³-hybridized carbons (Fsp3) is 0.750. The number of amides is 1. The van der Waals surface area contributed by atoms with Crippen molar-refractivity contribution < 1.29 is 14.3 Å². The van der Waals surface area contributed by atoms with Crippen LogP contribution >= 0.6 is 0 Å². The molecule has 5 nitrogen and oxygen atoms in total. The number of carbonyl (C=O) groups is 1. The van der Waals surface area contributed by atoms with E-state index in [1.54, 1.807) is 14.2 Å². The fourth-order valence-electron chi connectivity index (χ4n) is 1.74. The first-order valence-electron chi connectivity index (χ1n) is 5.92. The molecule has 1 N–H and O–H groups in total. The number of ether oxygens (including phenoxy) is 2. The molecule has 1 aliphatic rings. The maximum absolute atomic E-state index is 11.8. The highest BCUT2D eigenvalue weighted by Gasteiger charge is 2.16. The number of nitrogens with zero attached hydrogens (tertiary/aromatic N) is 1. The molecular weight excluding hydrogens is 220 g/mol. The predicted octanol–water partition coefficient (Wildman–Crippen LogP) is 0.0275. The summed E-state index contributed by atoms with van der Waals surface area (Å²) in [6.45, 7) is 3.89. The lowest BCUT2D eigenvalue weighted by Crippen LogP contribution is -2.41. The predicted molar refractivity (Wildman–Crippen MR) is 65.9 cm³/mol. The Morgan fingerprint density at radius 1 is 1.47 bits per heavy atom. The average Bonchev–Trinajstić information content (AvgIpc) is 2.36. The van der Waals surface area contributed by atoms with Crippen molar-refractivity contribution in [3.05, 3.63) is 11.6 Å². The van der Waals surface area contributed by atoms with Gasteiger partial charge in [-0.25, -0.2) is 0 Å². The normalized spacial score (nSPS) is 15.9. The van der Waals surface area contributed by atoms with Crippen LogP contribution in [0, 0.1) is 0 Å². The highest BCUT2D eigenvalue weighted by molar-refractivity contribution is 5.78. The van der Waals surface area contributed by atoms with E-state index in [-0.39, 0.29) is 5.91 Å². The molecule has 0 unspecified atom stereocenters. The molecule has 1 rings (SSSR count). The van der Waals surface area contributed by atoms with E-state index in [0.29, 0.717) is 32.8 Å². The summed E-state index contributed by atoms with van der Waals surface area (Å²) in [7, 11) is 3.34. The minimum absolute atomic E-state index is 0.147. The van der Waals surface area contributed by atoms with Crippen molar-refractivity contribution in [1.82, 2.24) is 10.2 Å². The first kappa shape index (κ1) is 14.2. The van der Waals surface area contributed by atoms with Crippen molar-refractivity contribution in [2.75, 3.05) is 53.6 Å². The molecule has 0 spiro atoms. The summed E-state index contributed by atoms with van der Waals surface area (Å²) < 4.78 is 9.97. The summed E-state index contributed by atoms with van der Waals surface area (Å²) >= 11 is 0. The summed E-state index contributed by atoms with van der Waals surface area (Å²) in [5, 5.41) is 3.06. The quantitative estimate of drug-likeness (QED) is 0.505. The molecule has 0 bridgehead atoms. The van der Waals surface area contributed by atoms with Crippen molar-refractivity contribution in [2.45, 2.75) is 6.42 Å². The standard InChI is InChI=1S/C12H22N2O3/c1-16-8-5-13-9-12(15)14-6-3-11(4-7-14)10-17-2/h3,13H,4-10H2,1-2H3. The van der Waals surface area contributed by atoms with Gasteiger partial charge in [-0.3, -0.25) is 4.79 Å². The number of carbonyl (C=O) groups excluding carboxylic acids is 1. The summed E-state index contributed by atoms with van der Waals surface area (Å²) in [5.41, 5.74) is 1.28. The van der Waals surface area contributed by atoms with Gasteiger partial charge in [-0.1, -0.05) is 6.08 Å². The SMILES string of the molecule is COCCNCC(=O)N1CC=C(COC)CC1. The van der Waals surface area contributed by atoms with Crippen molar-refractivity contribution in [3.8, 4) is 0 Å². The molecular formula is C12H22N2O3. The zero-order valence-corrected chi connectivity index (χ0v) is 10.7. The second-order valence-corrected chi connectivity index (χ2v) is 4.05. The van der Waals surface area contributed by atoms with E-state index in [1.165, 1.54) is 5.57 Å². The number of methoxy groups -OCH3 is 2. The lowest BCUT2D eigenvalue weighted by Gasteiger charge is -2.26. The second kappa shape index (κ2) is 8.22. The summed E-state index contributed by atoms with van der Waals surface area (Å²) in [4.78, 5) is 13.6. The van der Waals surface area contributed by atoms with E-state index >= 15 is 0 Å². The molecule has 5 heteroatoms. The third-order valence-electron chi connectivity index (χ3n) is 2.74. The van der Waals surface area contributed by atoms with E-state index in [2.05, 4.69) is 11.4 Å². The van der Waals surface area contributed by atoms with Crippen molar-refractivity contribution >= 4 is 5.91 Å². The molecule has 17 heavy (non-hydrogen) atoms. The molecule has 0 atom stereocenters. The van der Waals surface area contributed by atoms with Crippen LogP contribution < -0.4 is 5.32 Å². The molecule has 1 aliphatic heterocycles. The Bertz CT molecular complexity index is 266. The summed E-state index contributed by atoms with van der Waals surface area (Å²) in [5.74, 6) is 0.147. The van der Waals surface area contributed by atoms with E-state index < -0.39 is 0 Å². The lowest BCUT2D eigenvalue weighted by molar-refractivity contribution is -0.129. The fourth-order valence-corrected chi connectivity index (χ4v) is 1.74. The third kappa shape index (κ3) is 5.30. The first-order valence-corrected chi connectivity index (χ1v) is 5.92. The van der Waals surface area contributed by atoms with Gasteiger partial charge in [-0.2, -0.15) is 0 Å². The Hall–Kier alpha value is -0.910. The van der Waals surface area contributed by atoms with Crippen LogP contribution in [0.4, 0.5) is 0 Å². The van der Waals surface area contributed by atoms with Crippen LogP contribution in [-0.4, -0.2) is 64.4 Å². The Morgan fingerprint density at radius 2 is 2.29 bits per heavy atom. The number of hydrogen-bond donors (Lipinski definition) is 1. The Morgan fingerprint density at radius 3 is 2.88 bits per heavy atom. The van der Waals surface area contributed by atoms with E-state index in [4.69, 9.17) is 9.47 Å². The molecule has 98 valence electrons. The molecule has 1 heterocycles. The molecule has 0 radical (unpaired) electrons. The van der Waals surface area contributed by atoms with Crippen LogP contribution in [0.1, 0.15) is 6.42 Å². The Labute approximate surface area is 103 Å².